The van der Waals surface area contributed by atoms with Crippen LogP contribution in [0.4, 0.5) is 4.39 Å². The van der Waals surface area contributed by atoms with E-state index in [4.69, 9.17) is 14.6 Å². The molecule has 0 heterocycles. The van der Waals surface area contributed by atoms with Crippen LogP contribution in [0, 0.1) is 5.82 Å². The summed E-state index contributed by atoms with van der Waals surface area (Å²) in [5.41, 5.74) is -0.00444. The minimum Gasteiger partial charge on any atom is -0.494 e. The van der Waals surface area contributed by atoms with Gasteiger partial charge in [0.2, 0.25) is 0 Å². The Morgan fingerprint density at radius 2 is 1.86 bits per heavy atom. The smallest absolute Gasteiger partial charge is 0.341 e. The van der Waals surface area contributed by atoms with Crippen LogP contribution in [0.1, 0.15) is 26.3 Å². The van der Waals surface area contributed by atoms with Gasteiger partial charge in [-0.1, -0.05) is 30.3 Å². The molecule has 5 nitrogen and oxygen atoms in total. The molecule has 0 radical (unpaired) electrons. The number of carboxylic acid groups (broad SMARTS) is 1. The van der Waals surface area contributed by atoms with Crippen molar-refractivity contribution in [3.8, 4) is 5.75 Å². The third-order valence-electron chi connectivity index (χ3n) is 2.94. The molecule has 0 aliphatic rings. The maximum Gasteiger partial charge on any atom is 0.341 e. The summed E-state index contributed by atoms with van der Waals surface area (Å²) < 4.78 is 23.8. The van der Waals surface area contributed by atoms with Gasteiger partial charge in [0.15, 0.2) is 11.6 Å². The second-order valence-corrected chi connectivity index (χ2v) is 4.41. The van der Waals surface area contributed by atoms with Gasteiger partial charge in [0, 0.05) is 0 Å². The summed E-state index contributed by atoms with van der Waals surface area (Å²) in [6, 6.07) is 10.8. The standard InChI is InChI=1S/C16H13FO5/c1-21-13-8-11(15(18)19)7-12(14(13)17)16(20)22-9-10-5-3-2-4-6-10/h2-8H,9H2,1H3,(H,18,19). The topological polar surface area (TPSA) is 72.8 Å². The summed E-state index contributed by atoms with van der Waals surface area (Å²) in [6.45, 7) is -0.0429. The molecule has 1 N–H and O–H groups in total. The lowest BCUT2D eigenvalue weighted by Crippen LogP contribution is -2.11. The van der Waals surface area contributed by atoms with Gasteiger partial charge in [-0.3, -0.25) is 0 Å². The number of carbonyl (C=O) groups is 2. The van der Waals surface area contributed by atoms with Crippen LogP contribution in [0.15, 0.2) is 42.5 Å². The summed E-state index contributed by atoms with van der Waals surface area (Å²) in [5, 5.41) is 8.98. The zero-order valence-corrected chi connectivity index (χ0v) is 11.7. The van der Waals surface area contributed by atoms with Gasteiger partial charge in [-0.25, -0.2) is 14.0 Å². The van der Waals surface area contributed by atoms with Gasteiger partial charge in [0.1, 0.15) is 12.2 Å². The van der Waals surface area contributed by atoms with Gasteiger partial charge in [0.05, 0.1) is 12.7 Å². The van der Waals surface area contributed by atoms with Crippen molar-refractivity contribution in [1.82, 2.24) is 0 Å². The Kier molecular flexibility index (Phi) is 4.73. The van der Waals surface area contributed by atoms with Crippen LogP contribution in [0.25, 0.3) is 0 Å². The Hall–Kier alpha value is -2.89. The van der Waals surface area contributed by atoms with E-state index >= 15 is 0 Å². The SMILES string of the molecule is COc1cc(C(=O)O)cc(C(=O)OCc2ccccc2)c1F. The molecule has 0 saturated carbocycles. The molecule has 0 aromatic heterocycles. The van der Waals surface area contributed by atoms with Crippen LogP contribution in [-0.2, 0) is 11.3 Å². The van der Waals surface area contributed by atoms with Crippen LogP contribution in [0.5, 0.6) is 5.75 Å². The van der Waals surface area contributed by atoms with E-state index in [2.05, 4.69) is 0 Å². The highest BCUT2D eigenvalue weighted by Crippen LogP contribution is 2.24. The van der Waals surface area contributed by atoms with E-state index in [1.165, 1.54) is 7.11 Å². The van der Waals surface area contributed by atoms with Crippen LogP contribution in [0.3, 0.4) is 0 Å². The summed E-state index contributed by atoms with van der Waals surface area (Å²) in [4.78, 5) is 23.0. The van der Waals surface area contributed by atoms with Crippen molar-refractivity contribution in [2.75, 3.05) is 7.11 Å². The first-order chi connectivity index (χ1) is 10.5. The van der Waals surface area contributed by atoms with Crippen molar-refractivity contribution in [1.29, 1.82) is 0 Å². The van der Waals surface area contributed by atoms with E-state index in [0.717, 1.165) is 17.7 Å². The van der Waals surface area contributed by atoms with Gasteiger partial charge < -0.3 is 14.6 Å². The van der Waals surface area contributed by atoms with Crippen molar-refractivity contribution < 1.29 is 28.6 Å². The molecule has 0 spiro atoms. The number of rotatable bonds is 5. The molecular weight excluding hydrogens is 291 g/mol. The minimum atomic E-state index is -1.30. The predicted molar refractivity (Wildman–Crippen MR) is 75.5 cm³/mol. The lowest BCUT2D eigenvalue weighted by Gasteiger charge is -2.09. The maximum atomic E-state index is 14.1. The van der Waals surface area contributed by atoms with Crippen molar-refractivity contribution in [2.45, 2.75) is 6.61 Å². The Morgan fingerprint density at radius 3 is 2.45 bits per heavy atom. The summed E-state index contributed by atoms with van der Waals surface area (Å²) >= 11 is 0. The first-order valence-corrected chi connectivity index (χ1v) is 6.34. The Morgan fingerprint density at radius 1 is 1.18 bits per heavy atom. The van der Waals surface area contributed by atoms with Crippen LogP contribution >= 0.6 is 0 Å². The Labute approximate surface area is 125 Å². The fourth-order valence-electron chi connectivity index (χ4n) is 1.82. The first kappa shape index (κ1) is 15.5. The molecule has 0 unspecified atom stereocenters. The lowest BCUT2D eigenvalue weighted by molar-refractivity contribution is 0.0466. The first-order valence-electron chi connectivity index (χ1n) is 6.34. The third kappa shape index (κ3) is 3.41. The predicted octanol–water partition coefficient (Wildman–Crippen LogP) is 2.89. The number of esters is 1. The second-order valence-electron chi connectivity index (χ2n) is 4.41. The van der Waals surface area contributed by atoms with Crippen molar-refractivity contribution in [3.05, 3.63) is 65.0 Å². The summed E-state index contributed by atoms with van der Waals surface area (Å²) in [7, 11) is 1.18. The molecule has 0 fully saturated rings. The number of methoxy groups -OCH3 is 1. The molecular formula is C16H13FO5. The quantitative estimate of drug-likeness (QED) is 0.860. The molecule has 0 atom stereocenters. The molecule has 0 saturated heterocycles. The van der Waals surface area contributed by atoms with Gasteiger partial charge in [0.25, 0.3) is 0 Å². The molecule has 0 bridgehead atoms. The maximum absolute atomic E-state index is 14.1. The monoisotopic (exact) mass is 304 g/mol. The molecule has 0 aliphatic carbocycles. The van der Waals surface area contributed by atoms with Crippen molar-refractivity contribution >= 4 is 11.9 Å². The molecule has 2 aromatic carbocycles. The normalized spacial score (nSPS) is 10.1. The number of carbonyl (C=O) groups excluding carboxylic acids is 1. The van der Waals surface area contributed by atoms with Crippen molar-refractivity contribution in [2.24, 2.45) is 0 Å². The summed E-state index contributed by atoms with van der Waals surface area (Å²) in [5.74, 6) is -3.53. The largest absolute Gasteiger partial charge is 0.494 e. The highest BCUT2D eigenvalue weighted by Gasteiger charge is 2.21. The third-order valence-corrected chi connectivity index (χ3v) is 2.94. The molecule has 2 rings (SSSR count). The number of carboxylic acids is 1. The van der Waals surface area contributed by atoms with E-state index in [9.17, 15) is 14.0 Å². The minimum absolute atomic E-state index is 0.0429. The van der Waals surface area contributed by atoms with Crippen LogP contribution in [0.2, 0.25) is 0 Å². The van der Waals surface area contributed by atoms with Crippen molar-refractivity contribution in [3.63, 3.8) is 0 Å². The average Bonchev–Trinajstić information content (AvgIpc) is 2.53. The highest BCUT2D eigenvalue weighted by molar-refractivity contribution is 5.95. The number of halogens is 1. The molecule has 0 amide bonds. The molecule has 22 heavy (non-hydrogen) atoms. The van der Waals surface area contributed by atoms with E-state index in [1.54, 1.807) is 24.3 Å². The number of hydrogen-bond acceptors (Lipinski definition) is 4. The fourth-order valence-corrected chi connectivity index (χ4v) is 1.82. The van der Waals surface area contributed by atoms with Gasteiger partial charge in [-0.15, -0.1) is 0 Å². The molecule has 6 heteroatoms. The number of hydrogen-bond donors (Lipinski definition) is 1. The molecule has 0 aliphatic heterocycles. The van der Waals surface area contributed by atoms with E-state index in [0.29, 0.717) is 0 Å². The fraction of sp³-hybridized carbons (Fsp3) is 0.125. The number of aromatic carboxylic acids is 1. The second kappa shape index (κ2) is 6.71. The Bertz CT molecular complexity index is 697. The zero-order chi connectivity index (χ0) is 16.1. The molecule has 114 valence electrons. The van der Waals surface area contributed by atoms with E-state index in [1.807, 2.05) is 6.07 Å². The van der Waals surface area contributed by atoms with Gasteiger partial charge in [-0.05, 0) is 17.7 Å². The zero-order valence-electron chi connectivity index (χ0n) is 11.7. The highest BCUT2D eigenvalue weighted by atomic mass is 19.1. The van der Waals surface area contributed by atoms with Crippen LogP contribution < -0.4 is 4.74 Å². The van der Waals surface area contributed by atoms with Crippen LogP contribution in [-0.4, -0.2) is 24.2 Å². The number of benzene rings is 2. The summed E-state index contributed by atoms with van der Waals surface area (Å²) in [6.07, 6.45) is 0. The lowest BCUT2D eigenvalue weighted by atomic mass is 10.1. The van der Waals surface area contributed by atoms with E-state index < -0.39 is 23.3 Å². The number of ether oxygens (including phenoxy) is 2. The average molecular weight is 304 g/mol. The molecule has 2 aromatic rings. The van der Waals surface area contributed by atoms with Gasteiger partial charge >= 0.3 is 11.9 Å². The Balaban J connectivity index is 2.25. The van der Waals surface area contributed by atoms with E-state index in [-0.39, 0.29) is 17.9 Å². The van der Waals surface area contributed by atoms with Gasteiger partial charge in [-0.2, -0.15) is 0 Å².